The predicted molar refractivity (Wildman–Crippen MR) is 85.8 cm³/mol. The third-order valence-electron chi connectivity index (χ3n) is 3.16. The van der Waals surface area contributed by atoms with E-state index in [9.17, 15) is 9.59 Å². The second kappa shape index (κ2) is 8.11. The number of amides is 1. The zero-order chi connectivity index (χ0) is 16.7. The van der Waals surface area contributed by atoms with Crippen molar-refractivity contribution in [1.82, 2.24) is 5.32 Å². The number of rotatable bonds is 8. The van der Waals surface area contributed by atoms with Crippen molar-refractivity contribution in [2.45, 2.75) is 20.3 Å². The molecule has 0 fully saturated rings. The average Bonchev–Trinajstić information content (AvgIpc) is 2.50. The number of Topliss-reactive ketones (excluding diaryl/α,β-unsaturated/α-hetero) is 1. The van der Waals surface area contributed by atoms with Crippen molar-refractivity contribution in [3.05, 3.63) is 11.6 Å². The first-order valence-corrected chi connectivity index (χ1v) is 7.02. The molecule has 0 aliphatic rings. The summed E-state index contributed by atoms with van der Waals surface area (Å²) >= 11 is 0. The molecule has 0 aliphatic heterocycles. The zero-order valence-electron chi connectivity index (χ0n) is 13.4. The van der Waals surface area contributed by atoms with Crippen LogP contribution in [0.5, 0.6) is 11.5 Å². The number of benzene rings is 1. The van der Waals surface area contributed by atoms with Crippen molar-refractivity contribution in [3.8, 4) is 11.5 Å². The van der Waals surface area contributed by atoms with E-state index < -0.39 is 0 Å². The highest BCUT2D eigenvalue weighted by Gasteiger charge is 2.19. The molecule has 0 spiro atoms. The number of nitrogens with two attached hydrogens (primary N) is 1. The fraction of sp³-hybridized carbons (Fsp3) is 0.467. The average molecular weight is 309 g/mol. The minimum atomic E-state index is -0.171. The molecule has 0 saturated heterocycles. The second-order valence-electron chi connectivity index (χ2n) is 4.63. The Morgan fingerprint density at radius 3 is 2.41 bits per heavy atom. The fourth-order valence-corrected chi connectivity index (χ4v) is 2.00. The highest BCUT2D eigenvalue weighted by molar-refractivity contribution is 6.02. The highest BCUT2D eigenvalue weighted by atomic mass is 16.5. The summed E-state index contributed by atoms with van der Waals surface area (Å²) in [6, 6.07) is 1.58. The Hall–Kier alpha value is -2.44. The standard InChI is InChI=1S/C15H23N3O4/c1-5-12(20)17-6-7-18-14-11(21-3)8-10(9(2)19)13(16)15(14)22-4/h8,18H,5-7,16H2,1-4H3,(H,17,20). The molecule has 1 aromatic carbocycles. The Labute approximate surface area is 130 Å². The van der Waals surface area contributed by atoms with Gasteiger partial charge in [-0.3, -0.25) is 9.59 Å². The van der Waals surface area contributed by atoms with Gasteiger partial charge in [-0.2, -0.15) is 0 Å². The van der Waals surface area contributed by atoms with Gasteiger partial charge in [0, 0.05) is 25.1 Å². The maximum absolute atomic E-state index is 11.6. The van der Waals surface area contributed by atoms with Crippen molar-refractivity contribution in [1.29, 1.82) is 0 Å². The van der Waals surface area contributed by atoms with E-state index in [1.54, 1.807) is 13.0 Å². The molecule has 0 saturated carbocycles. The topological polar surface area (TPSA) is 103 Å². The summed E-state index contributed by atoms with van der Waals surface area (Å²) in [5.74, 6) is 0.618. The number of methoxy groups -OCH3 is 2. The molecule has 0 aromatic heterocycles. The number of ketones is 1. The van der Waals surface area contributed by atoms with E-state index >= 15 is 0 Å². The van der Waals surface area contributed by atoms with Crippen molar-refractivity contribution >= 4 is 23.1 Å². The van der Waals surface area contributed by atoms with E-state index in [0.29, 0.717) is 42.3 Å². The Morgan fingerprint density at radius 1 is 1.23 bits per heavy atom. The van der Waals surface area contributed by atoms with Crippen LogP contribution in [0.25, 0.3) is 0 Å². The molecule has 0 atom stereocenters. The molecule has 0 aliphatic carbocycles. The van der Waals surface area contributed by atoms with E-state index in [0.717, 1.165) is 0 Å². The molecule has 0 radical (unpaired) electrons. The largest absolute Gasteiger partial charge is 0.494 e. The molecule has 7 heteroatoms. The molecule has 7 nitrogen and oxygen atoms in total. The maximum atomic E-state index is 11.6. The first kappa shape index (κ1) is 17.6. The first-order chi connectivity index (χ1) is 10.5. The summed E-state index contributed by atoms with van der Waals surface area (Å²) in [7, 11) is 2.97. The number of anilines is 2. The van der Waals surface area contributed by atoms with E-state index in [-0.39, 0.29) is 17.4 Å². The molecule has 22 heavy (non-hydrogen) atoms. The SMILES string of the molecule is CCC(=O)NCCNc1c(OC)cc(C(C)=O)c(N)c1OC. The summed E-state index contributed by atoms with van der Waals surface area (Å²) in [4.78, 5) is 22.8. The number of nitrogens with one attached hydrogen (secondary N) is 2. The van der Waals surface area contributed by atoms with Gasteiger partial charge in [0.25, 0.3) is 0 Å². The lowest BCUT2D eigenvalue weighted by Gasteiger charge is -2.18. The molecule has 1 rings (SSSR count). The Balaban J connectivity index is 2.99. The predicted octanol–water partition coefficient (Wildman–Crippen LogP) is 1.43. The third kappa shape index (κ3) is 4.03. The number of hydrogen-bond acceptors (Lipinski definition) is 6. The molecule has 0 heterocycles. The van der Waals surface area contributed by atoms with Crippen LogP contribution in [0.15, 0.2) is 6.07 Å². The summed E-state index contributed by atoms with van der Waals surface area (Å²) in [6.07, 6.45) is 0.437. The quantitative estimate of drug-likeness (QED) is 0.381. The Morgan fingerprint density at radius 2 is 1.91 bits per heavy atom. The van der Waals surface area contributed by atoms with E-state index in [2.05, 4.69) is 10.6 Å². The number of ether oxygens (including phenoxy) is 2. The van der Waals surface area contributed by atoms with Crippen molar-refractivity contribution in [3.63, 3.8) is 0 Å². The van der Waals surface area contributed by atoms with Gasteiger partial charge in [-0.25, -0.2) is 0 Å². The molecule has 1 aromatic rings. The van der Waals surface area contributed by atoms with Gasteiger partial charge < -0.3 is 25.8 Å². The van der Waals surface area contributed by atoms with Gasteiger partial charge in [-0.1, -0.05) is 6.92 Å². The normalized spacial score (nSPS) is 10.0. The smallest absolute Gasteiger partial charge is 0.219 e. The molecule has 1 amide bonds. The molecule has 4 N–H and O–H groups in total. The molecule has 0 unspecified atom stereocenters. The van der Waals surface area contributed by atoms with Crippen LogP contribution in [-0.2, 0) is 4.79 Å². The third-order valence-corrected chi connectivity index (χ3v) is 3.16. The van der Waals surface area contributed by atoms with Gasteiger partial charge in [0.05, 0.1) is 19.9 Å². The van der Waals surface area contributed by atoms with Crippen molar-refractivity contribution in [2.24, 2.45) is 0 Å². The van der Waals surface area contributed by atoms with Gasteiger partial charge in [0.2, 0.25) is 5.91 Å². The number of nitrogen functional groups attached to an aromatic ring is 1. The first-order valence-electron chi connectivity index (χ1n) is 7.02. The lowest BCUT2D eigenvalue weighted by atomic mass is 10.1. The van der Waals surface area contributed by atoms with Crippen LogP contribution in [0.4, 0.5) is 11.4 Å². The molecule has 0 bridgehead atoms. The van der Waals surface area contributed by atoms with Gasteiger partial charge in [-0.05, 0) is 13.0 Å². The monoisotopic (exact) mass is 309 g/mol. The Bertz CT molecular complexity index is 558. The molecular formula is C15H23N3O4. The van der Waals surface area contributed by atoms with Gasteiger partial charge in [0.15, 0.2) is 11.5 Å². The van der Waals surface area contributed by atoms with Gasteiger partial charge >= 0.3 is 0 Å². The maximum Gasteiger partial charge on any atom is 0.219 e. The van der Waals surface area contributed by atoms with Crippen LogP contribution in [0, 0.1) is 0 Å². The summed E-state index contributed by atoms with van der Waals surface area (Å²) in [6.45, 7) is 4.14. The highest BCUT2D eigenvalue weighted by Crippen LogP contribution is 2.41. The van der Waals surface area contributed by atoms with Crippen LogP contribution in [0.1, 0.15) is 30.6 Å². The lowest BCUT2D eigenvalue weighted by molar-refractivity contribution is -0.120. The fourth-order valence-electron chi connectivity index (χ4n) is 2.00. The second-order valence-corrected chi connectivity index (χ2v) is 4.63. The van der Waals surface area contributed by atoms with Crippen molar-refractivity contribution < 1.29 is 19.1 Å². The van der Waals surface area contributed by atoms with Crippen LogP contribution in [0.3, 0.4) is 0 Å². The van der Waals surface area contributed by atoms with Gasteiger partial charge in [-0.15, -0.1) is 0 Å². The minimum Gasteiger partial charge on any atom is -0.494 e. The van der Waals surface area contributed by atoms with Crippen LogP contribution in [-0.4, -0.2) is 39.0 Å². The van der Waals surface area contributed by atoms with Crippen LogP contribution < -0.4 is 25.8 Å². The number of hydrogen-bond donors (Lipinski definition) is 3. The zero-order valence-corrected chi connectivity index (χ0v) is 13.4. The van der Waals surface area contributed by atoms with E-state index in [1.165, 1.54) is 21.1 Å². The Kier molecular flexibility index (Phi) is 6.49. The van der Waals surface area contributed by atoms with Crippen LogP contribution >= 0.6 is 0 Å². The summed E-state index contributed by atoms with van der Waals surface area (Å²) < 4.78 is 10.6. The minimum absolute atomic E-state index is 0.0211. The number of carbonyl (C=O) groups is 2. The van der Waals surface area contributed by atoms with E-state index in [4.69, 9.17) is 15.2 Å². The molecule has 122 valence electrons. The van der Waals surface area contributed by atoms with E-state index in [1.807, 2.05) is 0 Å². The lowest BCUT2D eigenvalue weighted by Crippen LogP contribution is -2.28. The summed E-state index contributed by atoms with van der Waals surface area (Å²) in [5.41, 5.74) is 7.14. The van der Waals surface area contributed by atoms with Gasteiger partial charge in [0.1, 0.15) is 11.4 Å². The summed E-state index contributed by atoms with van der Waals surface area (Å²) in [5, 5.41) is 5.87. The van der Waals surface area contributed by atoms with Crippen LogP contribution in [0.2, 0.25) is 0 Å². The molecular weight excluding hydrogens is 286 g/mol. The number of carbonyl (C=O) groups excluding carboxylic acids is 2. The van der Waals surface area contributed by atoms with Crippen molar-refractivity contribution in [2.75, 3.05) is 38.4 Å².